The van der Waals surface area contributed by atoms with Crippen LogP contribution in [0.5, 0.6) is 0 Å². The lowest BCUT2D eigenvalue weighted by Crippen LogP contribution is -2.32. The van der Waals surface area contributed by atoms with Crippen LogP contribution < -0.4 is 5.32 Å². The van der Waals surface area contributed by atoms with Crippen molar-refractivity contribution in [3.63, 3.8) is 0 Å². The summed E-state index contributed by atoms with van der Waals surface area (Å²) in [5, 5.41) is 2.97. The number of nitrogens with one attached hydrogen (secondary N) is 1. The molecule has 2 unspecified atom stereocenters. The molecule has 0 aliphatic heterocycles. The van der Waals surface area contributed by atoms with Crippen molar-refractivity contribution in [1.29, 1.82) is 0 Å². The number of Topliss-reactive ketones (excluding diaryl/α,β-unsaturated/α-hetero) is 1. The van der Waals surface area contributed by atoms with Gasteiger partial charge in [0.25, 0.3) is 0 Å². The number of amides is 1. The minimum atomic E-state index is 0.0271. The molecule has 0 radical (unpaired) electrons. The zero-order chi connectivity index (χ0) is 10.6. The molecule has 1 N–H and O–H groups in total. The predicted octanol–water partition coefficient (Wildman–Crippen LogP) is 1.66. The lowest BCUT2D eigenvalue weighted by atomic mass is 10.1. The minimum Gasteiger partial charge on any atom is -0.353 e. The normalized spacial score (nSPS) is 26.1. The van der Waals surface area contributed by atoms with Crippen LogP contribution in [-0.2, 0) is 9.59 Å². The van der Waals surface area contributed by atoms with Crippen LogP contribution in [0.1, 0.15) is 46.0 Å². The average molecular weight is 197 g/mol. The first-order chi connectivity index (χ1) is 6.58. The summed E-state index contributed by atoms with van der Waals surface area (Å²) in [6.45, 7) is 3.73. The van der Waals surface area contributed by atoms with Crippen molar-refractivity contribution in [2.24, 2.45) is 5.92 Å². The minimum absolute atomic E-state index is 0.0271. The van der Waals surface area contributed by atoms with Gasteiger partial charge in [-0.15, -0.1) is 0 Å². The fraction of sp³-hybridized carbons (Fsp3) is 0.818. The summed E-state index contributed by atoms with van der Waals surface area (Å²) in [5.41, 5.74) is 0. The van der Waals surface area contributed by atoms with E-state index in [0.29, 0.717) is 18.9 Å². The van der Waals surface area contributed by atoms with Crippen LogP contribution in [-0.4, -0.2) is 17.7 Å². The second kappa shape index (κ2) is 5.13. The summed E-state index contributed by atoms with van der Waals surface area (Å²) < 4.78 is 0. The Morgan fingerprint density at radius 3 is 2.50 bits per heavy atom. The van der Waals surface area contributed by atoms with Crippen molar-refractivity contribution in [1.82, 2.24) is 5.32 Å². The molecule has 3 heteroatoms. The maximum Gasteiger partial charge on any atom is 0.220 e. The van der Waals surface area contributed by atoms with Crippen molar-refractivity contribution >= 4 is 11.7 Å². The van der Waals surface area contributed by atoms with Gasteiger partial charge in [0.2, 0.25) is 5.91 Å². The molecule has 0 spiro atoms. The summed E-state index contributed by atoms with van der Waals surface area (Å²) in [6, 6.07) is 0.351. The van der Waals surface area contributed by atoms with Gasteiger partial charge < -0.3 is 10.1 Å². The molecule has 1 amide bonds. The van der Waals surface area contributed by atoms with Gasteiger partial charge in [-0.05, 0) is 32.1 Å². The third-order valence-electron chi connectivity index (χ3n) is 2.76. The molecule has 0 bridgehead atoms. The van der Waals surface area contributed by atoms with Crippen molar-refractivity contribution in [3.05, 3.63) is 0 Å². The molecule has 0 aromatic heterocycles. The highest BCUT2D eigenvalue weighted by atomic mass is 16.2. The highest BCUT2D eigenvalue weighted by Gasteiger charge is 2.22. The van der Waals surface area contributed by atoms with Gasteiger partial charge in [-0.1, -0.05) is 6.92 Å². The molecule has 1 aliphatic carbocycles. The van der Waals surface area contributed by atoms with Gasteiger partial charge in [0, 0.05) is 18.9 Å². The first-order valence-electron chi connectivity index (χ1n) is 5.36. The Hall–Kier alpha value is -0.860. The first kappa shape index (κ1) is 11.2. The molecule has 0 saturated heterocycles. The maximum atomic E-state index is 11.3. The van der Waals surface area contributed by atoms with Gasteiger partial charge in [-0.25, -0.2) is 0 Å². The predicted molar refractivity (Wildman–Crippen MR) is 54.9 cm³/mol. The molecule has 0 heterocycles. The van der Waals surface area contributed by atoms with Gasteiger partial charge in [0.15, 0.2) is 0 Å². The van der Waals surface area contributed by atoms with Gasteiger partial charge in [0.05, 0.1) is 0 Å². The fourth-order valence-electron chi connectivity index (χ4n) is 1.93. The molecule has 1 rings (SSSR count). The molecule has 2 atom stereocenters. The first-order valence-corrected chi connectivity index (χ1v) is 5.36. The van der Waals surface area contributed by atoms with E-state index in [4.69, 9.17) is 0 Å². The molecule has 14 heavy (non-hydrogen) atoms. The van der Waals surface area contributed by atoms with Gasteiger partial charge in [-0.3, -0.25) is 4.79 Å². The Morgan fingerprint density at radius 2 is 2.00 bits per heavy atom. The van der Waals surface area contributed by atoms with E-state index in [-0.39, 0.29) is 11.7 Å². The number of hydrogen-bond acceptors (Lipinski definition) is 2. The van der Waals surface area contributed by atoms with Crippen molar-refractivity contribution < 1.29 is 9.59 Å². The third-order valence-corrected chi connectivity index (χ3v) is 2.76. The Morgan fingerprint density at radius 1 is 1.29 bits per heavy atom. The lowest BCUT2D eigenvalue weighted by molar-refractivity contribution is -0.125. The van der Waals surface area contributed by atoms with Gasteiger partial charge >= 0.3 is 0 Å². The lowest BCUT2D eigenvalue weighted by Gasteiger charge is -2.11. The molecule has 3 nitrogen and oxygen atoms in total. The zero-order valence-electron chi connectivity index (χ0n) is 9.01. The van der Waals surface area contributed by atoms with Crippen LogP contribution in [0.2, 0.25) is 0 Å². The van der Waals surface area contributed by atoms with E-state index >= 15 is 0 Å². The van der Waals surface area contributed by atoms with E-state index in [2.05, 4.69) is 12.2 Å². The number of carbonyl (C=O) groups excluding carboxylic acids is 2. The Kier molecular flexibility index (Phi) is 4.11. The van der Waals surface area contributed by atoms with E-state index in [1.54, 1.807) is 0 Å². The van der Waals surface area contributed by atoms with Crippen LogP contribution in [0.15, 0.2) is 0 Å². The molecule has 1 fully saturated rings. The summed E-state index contributed by atoms with van der Waals surface area (Å²) in [6.07, 6.45) is 4.10. The van der Waals surface area contributed by atoms with Crippen molar-refractivity contribution in [2.45, 2.75) is 52.0 Å². The van der Waals surface area contributed by atoms with Gasteiger partial charge in [0.1, 0.15) is 5.78 Å². The number of ketones is 1. The fourth-order valence-corrected chi connectivity index (χ4v) is 1.93. The molecular weight excluding hydrogens is 178 g/mol. The highest BCUT2D eigenvalue weighted by molar-refractivity contribution is 5.83. The van der Waals surface area contributed by atoms with Gasteiger partial charge in [-0.2, -0.15) is 0 Å². The van der Waals surface area contributed by atoms with Crippen LogP contribution in [0.25, 0.3) is 0 Å². The molecule has 0 aromatic carbocycles. The number of carbonyl (C=O) groups is 2. The Labute approximate surface area is 85.3 Å². The molecule has 80 valence electrons. The summed E-state index contributed by atoms with van der Waals surface area (Å²) in [4.78, 5) is 22.0. The van der Waals surface area contributed by atoms with Crippen LogP contribution in [0, 0.1) is 5.92 Å². The molecular formula is C11H19NO2. The molecule has 1 aliphatic rings. The number of rotatable bonds is 4. The summed E-state index contributed by atoms with van der Waals surface area (Å²) >= 11 is 0. The smallest absolute Gasteiger partial charge is 0.220 e. The second-order valence-electron chi connectivity index (χ2n) is 4.38. The highest BCUT2D eigenvalue weighted by Crippen LogP contribution is 2.24. The second-order valence-corrected chi connectivity index (χ2v) is 4.38. The van der Waals surface area contributed by atoms with E-state index in [1.165, 1.54) is 13.3 Å². The van der Waals surface area contributed by atoms with Crippen LogP contribution >= 0.6 is 0 Å². The summed E-state index contributed by atoms with van der Waals surface area (Å²) in [5.74, 6) is 0.840. The molecule has 0 aromatic rings. The summed E-state index contributed by atoms with van der Waals surface area (Å²) in [7, 11) is 0. The van der Waals surface area contributed by atoms with E-state index < -0.39 is 0 Å². The number of hydrogen-bond donors (Lipinski definition) is 1. The molecule has 1 saturated carbocycles. The SMILES string of the molecule is CC(=O)CCC(=O)NC1CCC(C)C1. The third kappa shape index (κ3) is 3.90. The largest absolute Gasteiger partial charge is 0.353 e. The Balaban J connectivity index is 2.17. The van der Waals surface area contributed by atoms with Crippen molar-refractivity contribution in [2.75, 3.05) is 0 Å². The van der Waals surface area contributed by atoms with E-state index in [9.17, 15) is 9.59 Å². The average Bonchev–Trinajstić information content (AvgIpc) is 2.48. The van der Waals surface area contributed by atoms with Crippen LogP contribution in [0.4, 0.5) is 0 Å². The standard InChI is InChI=1S/C11H19NO2/c1-8-3-5-10(7-8)12-11(14)6-4-9(2)13/h8,10H,3-7H2,1-2H3,(H,12,14). The van der Waals surface area contributed by atoms with E-state index in [0.717, 1.165) is 18.8 Å². The quantitative estimate of drug-likeness (QED) is 0.745. The topological polar surface area (TPSA) is 46.2 Å². The van der Waals surface area contributed by atoms with Crippen molar-refractivity contribution in [3.8, 4) is 0 Å². The van der Waals surface area contributed by atoms with Crippen LogP contribution in [0.3, 0.4) is 0 Å². The Bertz CT molecular complexity index is 225. The van der Waals surface area contributed by atoms with E-state index in [1.807, 2.05) is 0 Å². The maximum absolute atomic E-state index is 11.3. The monoisotopic (exact) mass is 197 g/mol. The zero-order valence-corrected chi connectivity index (χ0v) is 9.01.